The molecule has 3 atom stereocenters. The predicted molar refractivity (Wildman–Crippen MR) is 115 cm³/mol. The van der Waals surface area contributed by atoms with E-state index in [9.17, 15) is 14.7 Å². The van der Waals surface area contributed by atoms with Crippen LogP contribution in [0.25, 0.3) is 0 Å². The third-order valence-electron chi connectivity index (χ3n) is 7.52. The highest BCUT2D eigenvalue weighted by Gasteiger charge is 2.50. The van der Waals surface area contributed by atoms with Gasteiger partial charge < -0.3 is 10.0 Å². The number of hydrogen-bond donors (Lipinski definition) is 1. The number of nitrogens with zero attached hydrogens (tertiary/aromatic N) is 1. The first-order valence-corrected chi connectivity index (χ1v) is 11.3. The zero-order valence-corrected chi connectivity index (χ0v) is 17.3. The van der Waals surface area contributed by atoms with E-state index in [1.807, 2.05) is 53.4 Å². The third kappa shape index (κ3) is 3.18. The summed E-state index contributed by atoms with van der Waals surface area (Å²) in [5.74, 6) is 0.201. The number of fused-ring (bicyclic) bond motifs is 2. The topological polar surface area (TPSA) is 57.6 Å². The first-order valence-electron chi connectivity index (χ1n) is 11.3. The summed E-state index contributed by atoms with van der Waals surface area (Å²) in [5, 5.41) is 11.7. The number of hydrogen-bond acceptors (Lipinski definition) is 3. The lowest BCUT2D eigenvalue weighted by Gasteiger charge is -2.52. The minimum absolute atomic E-state index is 0.00295. The molecule has 156 valence electrons. The normalized spacial score (nSPS) is 28.6. The van der Waals surface area contributed by atoms with Crippen LogP contribution in [0.1, 0.15) is 76.8 Å². The number of Topliss-reactive ketones (excluding diaryl/α,β-unsaturated/α-hetero) is 1. The quantitative estimate of drug-likeness (QED) is 0.803. The number of benzene rings is 2. The monoisotopic (exact) mass is 403 g/mol. The highest BCUT2D eigenvalue weighted by atomic mass is 16.3. The van der Waals surface area contributed by atoms with Gasteiger partial charge >= 0.3 is 0 Å². The third-order valence-corrected chi connectivity index (χ3v) is 7.52. The van der Waals surface area contributed by atoms with Gasteiger partial charge in [-0.05, 0) is 55.4 Å². The van der Waals surface area contributed by atoms with Crippen molar-refractivity contribution in [3.8, 4) is 0 Å². The van der Waals surface area contributed by atoms with E-state index in [4.69, 9.17) is 0 Å². The maximum Gasteiger partial charge on any atom is 0.254 e. The predicted octanol–water partition coefficient (Wildman–Crippen LogP) is 4.50. The molecule has 1 saturated carbocycles. The second-order valence-electron chi connectivity index (χ2n) is 9.15. The fourth-order valence-corrected chi connectivity index (χ4v) is 5.95. The summed E-state index contributed by atoms with van der Waals surface area (Å²) >= 11 is 0. The van der Waals surface area contributed by atoms with Crippen LogP contribution >= 0.6 is 0 Å². The van der Waals surface area contributed by atoms with E-state index < -0.39 is 5.60 Å². The van der Waals surface area contributed by atoms with Gasteiger partial charge in [0.25, 0.3) is 5.91 Å². The van der Waals surface area contributed by atoms with Gasteiger partial charge in [0.2, 0.25) is 0 Å². The Hall–Kier alpha value is -2.46. The summed E-state index contributed by atoms with van der Waals surface area (Å²) in [4.78, 5) is 27.9. The van der Waals surface area contributed by atoms with Gasteiger partial charge in [-0.25, -0.2) is 0 Å². The van der Waals surface area contributed by atoms with Crippen LogP contribution in [-0.2, 0) is 12.0 Å². The molecule has 4 nitrogen and oxygen atoms in total. The Kier molecular flexibility index (Phi) is 4.98. The largest absolute Gasteiger partial charge is 0.385 e. The van der Waals surface area contributed by atoms with Gasteiger partial charge in [0.1, 0.15) is 0 Å². The zero-order valence-electron chi connectivity index (χ0n) is 17.3. The van der Waals surface area contributed by atoms with Crippen LogP contribution in [0, 0.1) is 5.92 Å². The van der Waals surface area contributed by atoms with Gasteiger partial charge in [-0.2, -0.15) is 0 Å². The van der Waals surface area contributed by atoms with Crippen molar-refractivity contribution in [3.63, 3.8) is 0 Å². The number of piperidine rings is 1. The molecule has 0 aromatic heterocycles. The van der Waals surface area contributed by atoms with Crippen LogP contribution in [0.5, 0.6) is 0 Å². The van der Waals surface area contributed by atoms with Crippen molar-refractivity contribution < 1.29 is 14.7 Å². The average molecular weight is 404 g/mol. The second kappa shape index (κ2) is 7.66. The maximum absolute atomic E-state index is 13.5. The van der Waals surface area contributed by atoms with Gasteiger partial charge in [-0.3, -0.25) is 9.59 Å². The first-order chi connectivity index (χ1) is 14.6. The summed E-state index contributed by atoms with van der Waals surface area (Å²) in [6, 6.07) is 15.7. The van der Waals surface area contributed by atoms with Gasteiger partial charge in [0.05, 0.1) is 5.60 Å². The highest BCUT2D eigenvalue weighted by molar-refractivity contribution is 6.02. The lowest BCUT2D eigenvalue weighted by molar-refractivity contribution is -0.110. The average Bonchev–Trinajstić information content (AvgIpc) is 2.80. The van der Waals surface area contributed by atoms with Crippen molar-refractivity contribution in [2.75, 3.05) is 6.54 Å². The number of amides is 1. The molecule has 1 aliphatic heterocycles. The number of ketones is 1. The molecule has 2 fully saturated rings. The lowest BCUT2D eigenvalue weighted by atomic mass is 9.66. The molecule has 1 amide bonds. The van der Waals surface area contributed by atoms with E-state index in [0.29, 0.717) is 24.9 Å². The smallest absolute Gasteiger partial charge is 0.254 e. The standard InChI is InChI=1S/C26H29NO3/c28-24-12-6-7-18-13-14-19(17-21(18)24)25(29)27-16-15-26(30,20-8-2-1-3-9-20)22-10-4-5-11-23(22)27/h1-3,8-9,13-14,17,22-23,30H,4-7,10-12,15-16H2/t22-,23?,26-/m0/s1. The van der Waals surface area contributed by atoms with E-state index >= 15 is 0 Å². The Morgan fingerprint density at radius 3 is 2.63 bits per heavy atom. The van der Waals surface area contributed by atoms with Crippen LogP contribution < -0.4 is 0 Å². The van der Waals surface area contributed by atoms with Gasteiger partial charge in [-0.1, -0.05) is 49.2 Å². The molecule has 30 heavy (non-hydrogen) atoms. The van der Waals surface area contributed by atoms with Crippen molar-refractivity contribution in [1.82, 2.24) is 4.90 Å². The summed E-state index contributed by atoms with van der Waals surface area (Å²) in [5.41, 5.74) is 2.49. The molecule has 1 heterocycles. The fraction of sp³-hybridized carbons (Fsp3) is 0.462. The second-order valence-corrected chi connectivity index (χ2v) is 9.15. The molecule has 0 radical (unpaired) electrons. The summed E-state index contributed by atoms with van der Waals surface area (Å²) in [7, 11) is 0. The van der Waals surface area contributed by atoms with E-state index in [-0.39, 0.29) is 23.7 Å². The van der Waals surface area contributed by atoms with E-state index in [1.54, 1.807) is 0 Å². The maximum atomic E-state index is 13.5. The molecule has 4 heteroatoms. The van der Waals surface area contributed by atoms with E-state index in [1.165, 1.54) is 0 Å². The van der Waals surface area contributed by atoms with Crippen LogP contribution in [0.4, 0.5) is 0 Å². The van der Waals surface area contributed by atoms with Crippen molar-refractivity contribution in [2.24, 2.45) is 5.92 Å². The number of likely N-dealkylation sites (tertiary alicyclic amines) is 1. The van der Waals surface area contributed by atoms with Crippen LogP contribution in [0.15, 0.2) is 48.5 Å². The molecule has 0 bridgehead atoms. The number of aryl methyl sites for hydroxylation is 1. The summed E-state index contributed by atoms with van der Waals surface area (Å²) < 4.78 is 0. The number of carbonyl (C=O) groups excluding carboxylic acids is 2. The van der Waals surface area contributed by atoms with Crippen LogP contribution in [0.2, 0.25) is 0 Å². The van der Waals surface area contributed by atoms with Crippen molar-refractivity contribution in [3.05, 3.63) is 70.8 Å². The lowest BCUT2D eigenvalue weighted by Crippen LogP contribution is -2.59. The fourth-order valence-electron chi connectivity index (χ4n) is 5.95. The number of carbonyl (C=O) groups is 2. The van der Waals surface area contributed by atoms with Crippen molar-refractivity contribution in [1.29, 1.82) is 0 Å². The molecule has 2 aliphatic carbocycles. The summed E-state index contributed by atoms with van der Waals surface area (Å²) in [6.45, 7) is 0.538. The molecule has 1 unspecified atom stereocenters. The van der Waals surface area contributed by atoms with Gasteiger partial charge in [0, 0.05) is 36.1 Å². The minimum atomic E-state index is -0.880. The summed E-state index contributed by atoms with van der Waals surface area (Å²) in [6.07, 6.45) is 6.96. The van der Waals surface area contributed by atoms with E-state index in [2.05, 4.69) is 0 Å². The Morgan fingerprint density at radius 2 is 1.80 bits per heavy atom. The Balaban J connectivity index is 1.45. The molecule has 2 aromatic rings. The zero-order chi connectivity index (χ0) is 20.7. The molecule has 5 rings (SSSR count). The molecule has 0 spiro atoms. The Morgan fingerprint density at radius 1 is 1.00 bits per heavy atom. The van der Waals surface area contributed by atoms with Crippen LogP contribution in [0.3, 0.4) is 0 Å². The Labute approximate surface area is 177 Å². The number of aliphatic hydroxyl groups is 1. The molecular weight excluding hydrogens is 374 g/mol. The first kappa shape index (κ1) is 19.5. The molecule has 1 saturated heterocycles. The molecule has 3 aliphatic rings. The minimum Gasteiger partial charge on any atom is -0.385 e. The van der Waals surface area contributed by atoms with Crippen LogP contribution in [-0.4, -0.2) is 34.3 Å². The van der Waals surface area contributed by atoms with Crippen molar-refractivity contribution >= 4 is 11.7 Å². The van der Waals surface area contributed by atoms with Crippen molar-refractivity contribution in [2.45, 2.75) is 63.0 Å². The number of rotatable bonds is 2. The van der Waals surface area contributed by atoms with Gasteiger partial charge in [-0.15, -0.1) is 0 Å². The molecule has 2 aromatic carbocycles. The SMILES string of the molecule is O=C1CCCc2ccc(C(=O)N3CC[C@](O)(c4ccccc4)[C@H]4CCCCC43)cc21. The highest BCUT2D eigenvalue weighted by Crippen LogP contribution is 2.47. The molecule has 1 N–H and O–H groups in total. The Bertz CT molecular complexity index is 969. The van der Waals surface area contributed by atoms with Gasteiger partial charge in [0.15, 0.2) is 5.78 Å². The van der Waals surface area contributed by atoms with E-state index in [0.717, 1.165) is 55.2 Å². The molecular formula is C26H29NO3.